The number of phosphoric acid groups is 1. The summed E-state index contributed by atoms with van der Waals surface area (Å²) in [6.07, 6.45) is 9.69. The van der Waals surface area contributed by atoms with Gasteiger partial charge in [0.05, 0.1) is 13.2 Å². The number of nitrogens with zero attached hydrogens (tertiary/aromatic N) is 2. The van der Waals surface area contributed by atoms with Crippen LogP contribution in [0.3, 0.4) is 0 Å². The summed E-state index contributed by atoms with van der Waals surface area (Å²) < 4.78 is 28.6. The molecular weight excluding hydrogens is 533 g/mol. The van der Waals surface area contributed by atoms with E-state index in [-0.39, 0.29) is 18.8 Å². The zero-order valence-electron chi connectivity index (χ0n) is 22.4. The second-order valence-corrected chi connectivity index (χ2v) is 11.4. The van der Waals surface area contributed by atoms with E-state index in [1.807, 2.05) is 0 Å². The Morgan fingerprint density at radius 1 is 0.949 bits per heavy atom. The Morgan fingerprint density at radius 3 is 2.03 bits per heavy atom. The highest BCUT2D eigenvalue weighted by molar-refractivity contribution is 7.47. The number of ether oxygens (including phenoxy) is 1. The molecule has 0 aromatic carbocycles. The van der Waals surface area contributed by atoms with Gasteiger partial charge in [-0.25, -0.2) is 9.36 Å². The summed E-state index contributed by atoms with van der Waals surface area (Å²) in [5, 5.41) is 29.1. The number of aliphatic hydroxyl groups is 2. The predicted octanol–water partition coefficient (Wildman–Crippen LogP) is 3.12. The van der Waals surface area contributed by atoms with E-state index in [2.05, 4.69) is 4.98 Å². The lowest BCUT2D eigenvalue weighted by molar-refractivity contribution is -0.137. The minimum atomic E-state index is -4.39. The van der Waals surface area contributed by atoms with Crippen molar-refractivity contribution in [1.29, 1.82) is 0 Å². The van der Waals surface area contributed by atoms with Gasteiger partial charge in [0.1, 0.15) is 24.1 Å². The molecule has 5 atom stereocenters. The van der Waals surface area contributed by atoms with Crippen molar-refractivity contribution in [2.45, 2.75) is 114 Å². The zero-order chi connectivity index (χ0) is 28.7. The topological polar surface area (TPSA) is 204 Å². The molecule has 0 spiro atoms. The van der Waals surface area contributed by atoms with Gasteiger partial charge >= 0.3 is 19.5 Å². The number of aromatic nitrogens is 2. The molecule has 39 heavy (non-hydrogen) atoms. The third-order valence-electron chi connectivity index (χ3n) is 6.65. The second kappa shape index (κ2) is 17.8. The number of unbranched alkanes of at least 4 members (excludes halogenated alkanes) is 12. The van der Waals surface area contributed by atoms with Crippen LogP contribution in [-0.4, -0.2) is 67.3 Å². The van der Waals surface area contributed by atoms with E-state index in [9.17, 15) is 29.3 Å². The predicted molar refractivity (Wildman–Crippen MR) is 143 cm³/mol. The number of carbonyl (C=O) groups is 1. The summed E-state index contributed by atoms with van der Waals surface area (Å²) in [5.41, 5.74) is 4.67. The summed E-state index contributed by atoms with van der Waals surface area (Å²) in [6, 6.07) is 1.34. The first-order chi connectivity index (χ1) is 18.6. The van der Waals surface area contributed by atoms with Gasteiger partial charge in [0.2, 0.25) is 0 Å². The maximum atomic E-state index is 12.2. The van der Waals surface area contributed by atoms with E-state index in [4.69, 9.17) is 24.6 Å². The third-order valence-corrected chi connectivity index (χ3v) is 7.64. The third kappa shape index (κ3) is 12.9. The van der Waals surface area contributed by atoms with Crippen LogP contribution in [0.5, 0.6) is 0 Å². The lowest BCUT2D eigenvalue weighted by atomic mass is 10.0. The maximum Gasteiger partial charge on any atom is 0.472 e. The smallest absolute Gasteiger partial charge is 0.472 e. The summed E-state index contributed by atoms with van der Waals surface area (Å²) in [4.78, 5) is 35.9. The van der Waals surface area contributed by atoms with E-state index in [1.54, 1.807) is 0 Å². The SMILES string of the molecule is Nc1ccn([C@@H]2O[C@H](COP(=O)(O)OCCCCCCCCCCCCCCCC(=O)O)[C@@H](O)[C@@H]2O)c(=O)n1. The first kappa shape index (κ1) is 33.3. The standard InChI is InChI=1S/C25H44N3O10P/c26-20-15-16-28(25(33)27-20)24-23(32)22(31)19(38-24)18-37-39(34,35)36-17-13-11-9-7-5-3-1-2-4-6-8-10-12-14-21(29)30/h15-16,19,22-24,31-32H,1-14,17-18H2,(H,29,30)(H,34,35)(H2,26,27,33)/t19-,22-,23+,24-/m1/s1. The number of carboxylic acids is 1. The van der Waals surface area contributed by atoms with Gasteiger partial charge in [-0.05, 0) is 18.9 Å². The van der Waals surface area contributed by atoms with Crippen molar-refractivity contribution in [3.63, 3.8) is 0 Å². The molecule has 1 aliphatic rings. The molecule has 1 fully saturated rings. The van der Waals surface area contributed by atoms with Gasteiger partial charge in [-0.3, -0.25) is 18.4 Å². The fourth-order valence-corrected chi connectivity index (χ4v) is 5.19. The molecule has 2 heterocycles. The summed E-state index contributed by atoms with van der Waals surface area (Å²) in [7, 11) is -4.39. The van der Waals surface area contributed by atoms with Gasteiger partial charge in [-0.2, -0.15) is 4.98 Å². The molecule has 0 saturated carbocycles. The van der Waals surface area contributed by atoms with E-state index in [1.165, 1.54) is 37.9 Å². The second-order valence-electron chi connectivity index (χ2n) is 9.93. The van der Waals surface area contributed by atoms with Crippen molar-refractivity contribution >= 4 is 19.6 Å². The number of aliphatic hydroxyl groups excluding tert-OH is 2. The molecule has 1 saturated heterocycles. The van der Waals surface area contributed by atoms with Crippen LogP contribution in [0.15, 0.2) is 17.1 Å². The van der Waals surface area contributed by atoms with Crippen LogP contribution in [0.2, 0.25) is 0 Å². The van der Waals surface area contributed by atoms with Crippen LogP contribution in [0.4, 0.5) is 5.82 Å². The summed E-state index contributed by atoms with van der Waals surface area (Å²) >= 11 is 0. The number of anilines is 1. The molecule has 6 N–H and O–H groups in total. The van der Waals surface area contributed by atoms with Crippen molar-refractivity contribution in [2.75, 3.05) is 18.9 Å². The van der Waals surface area contributed by atoms with Crippen LogP contribution in [-0.2, 0) is 23.1 Å². The number of carboxylic acid groups (broad SMARTS) is 1. The van der Waals surface area contributed by atoms with E-state index in [0.29, 0.717) is 6.42 Å². The number of hydrogen-bond acceptors (Lipinski definition) is 10. The first-order valence-corrected chi connectivity index (χ1v) is 15.3. The molecule has 1 aromatic rings. The first-order valence-electron chi connectivity index (χ1n) is 13.8. The Morgan fingerprint density at radius 2 is 1.49 bits per heavy atom. The van der Waals surface area contributed by atoms with Crippen molar-refractivity contribution in [1.82, 2.24) is 9.55 Å². The van der Waals surface area contributed by atoms with Crippen LogP contribution < -0.4 is 11.4 Å². The van der Waals surface area contributed by atoms with Gasteiger partial charge in [-0.15, -0.1) is 0 Å². The molecule has 2 rings (SSSR count). The highest BCUT2D eigenvalue weighted by Crippen LogP contribution is 2.44. The van der Waals surface area contributed by atoms with Crippen molar-refractivity contribution in [2.24, 2.45) is 0 Å². The van der Waals surface area contributed by atoms with Gasteiger partial charge in [0, 0.05) is 12.6 Å². The molecule has 13 nitrogen and oxygen atoms in total. The number of hydrogen-bond donors (Lipinski definition) is 5. The van der Waals surface area contributed by atoms with E-state index >= 15 is 0 Å². The minimum absolute atomic E-state index is 0.00600. The normalized spacial score (nSPS) is 22.6. The van der Waals surface area contributed by atoms with E-state index in [0.717, 1.165) is 55.9 Å². The molecule has 0 bridgehead atoms. The zero-order valence-corrected chi connectivity index (χ0v) is 23.3. The molecule has 1 aromatic heterocycles. The van der Waals surface area contributed by atoms with Gasteiger partial charge in [0.25, 0.3) is 0 Å². The Labute approximate surface area is 228 Å². The molecule has 0 radical (unpaired) electrons. The lowest BCUT2D eigenvalue weighted by Gasteiger charge is -2.18. The maximum absolute atomic E-state index is 12.2. The van der Waals surface area contributed by atoms with Crippen LogP contribution >= 0.6 is 7.82 Å². The van der Waals surface area contributed by atoms with Crippen LogP contribution in [0.25, 0.3) is 0 Å². The molecular formula is C25H44N3O10P. The average molecular weight is 578 g/mol. The highest BCUT2D eigenvalue weighted by atomic mass is 31.2. The minimum Gasteiger partial charge on any atom is -0.481 e. The Kier molecular flexibility index (Phi) is 15.2. The number of rotatable bonds is 21. The molecule has 0 aliphatic carbocycles. The fraction of sp³-hybridized carbons (Fsp3) is 0.800. The average Bonchev–Trinajstić information content (AvgIpc) is 3.15. The Hall–Kier alpha value is -1.86. The van der Waals surface area contributed by atoms with Crippen molar-refractivity contribution in [3.05, 3.63) is 22.7 Å². The largest absolute Gasteiger partial charge is 0.481 e. The number of phosphoric ester groups is 1. The molecule has 224 valence electrons. The Balaban J connectivity index is 1.49. The molecule has 1 unspecified atom stereocenters. The highest BCUT2D eigenvalue weighted by Gasteiger charge is 2.45. The number of nitrogens with two attached hydrogens (primary N) is 1. The summed E-state index contributed by atoms with van der Waals surface area (Å²) in [5.74, 6) is -0.725. The summed E-state index contributed by atoms with van der Waals surface area (Å²) in [6.45, 7) is -0.476. The molecule has 1 aliphatic heterocycles. The molecule has 0 amide bonds. The Bertz CT molecular complexity index is 962. The lowest BCUT2D eigenvalue weighted by Crippen LogP contribution is -2.36. The quantitative estimate of drug-likeness (QED) is 0.106. The van der Waals surface area contributed by atoms with E-state index < -0.39 is 50.6 Å². The molecule has 14 heteroatoms. The van der Waals surface area contributed by atoms with Crippen molar-refractivity contribution in [3.8, 4) is 0 Å². The number of aliphatic carboxylic acids is 1. The number of nitrogen functional groups attached to an aromatic ring is 1. The van der Waals surface area contributed by atoms with Gasteiger partial charge in [0.15, 0.2) is 6.23 Å². The van der Waals surface area contributed by atoms with Crippen molar-refractivity contribution < 1.29 is 43.4 Å². The van der Waals surface area contributed by atoms with Gasteiger partial charge in [-0.1, -0.05) is 70.6 Å². The monoisotopic (exact) mass is 577 g/mol. The van der Waals surface area contributed by atoms with Crippen LogP contribution in [0, 0.1) is 0 Å². The fourth-order valence-electron chi connectivity index (χ4n) is 4.42. The van der Waals surface area contributed by atoms with Gasteiger partial charge < -0.3 is 30.7 Å². The van der Waals surface area contributed by atoms with Crippen LogP contribution in [0.1, 0.15) is 96.1 Å².